The third-order valence-electron chi connectivity index (χ3n) is 3.21. The van der Waals surface area contributed by atoms with Crippen LogP contribution in [-0.4, -0.2) is 25.7 Å². The molecule has 2 aliphatic heterocycles. The van der Waals surface area contributed by atoms with E-state index in [1.54, 1.807) is 18.2 Å². The van der Waals surface area contributed by atoms with Crippen molar-refractivity contribution in [2.24, 2.45) is 0 Å². The first-order valence-electron chi connectivity index (χ1n) is 5.81. The monoisotopic (exact) mass is 299 g/mol. The molecular formula is C13H11Cl2NO3. The minimum atomic E-state index is -1.44. The van der Waals surface area contributed by atoms with Gasteiger partial charge in [0, 0.05) is 6.54 Å². The molecule has 0 bridgehead atoms. The van der Waals surface area contributed by atoms with Crippen LogP contribution in [0.15, 0.2) is 24.8 Å². The number of benzene rings is 1. The topological polar surface area (TPSA) is 38.8 Å². The molecule has 6 heteroatoms. The van der Waals surface area contributed by atoms with Crippen LogP contribution in [0.2, 0.25) is 10.0 Å². The van der Waals surface area contributed by atoms with Gasteiger partial charge in [-0.2, -0.15) is 0 Å². The molecule has 1 saturated heterocycles. The smallest absolute Gasteiger partial charge is 0.292 e. The van der Waals surface area contributed by atoms with Gasteiger partial charge in [-0.25, -0.2) is 0 Å². The highest BCUT2D eigenvalue weighted by molar-refractivity contribution is 6.38. The Labute approximate surface area is 120 Å². The zero-order chi connectivity index (χ0) is 13.6. The van der Waals surface area contributed by atoms with Crippen LogP contribution in [0.1, 0.15) is 5.56 Å². The zero-order valence-corrected chi connectivity index (χ0v) is 11.5. The lowest BCUT2D eigenvalue weighted by molar-refractivity contribution is -0.180. The van der Waals surface area contributed by atoms with E-state index in [4.69, 9.17) is 32.7 Å². The molecule has 0 aliphatic carbocycles. The SMILES string of the molecule is C=CCN1C(=O)C2(OCCO2)c2c(Cl)ccc(Cl)c21. The molecule has 0 N–H and O–H groups in total. The lowest BCUT2D eigenvalue weighted by Gasteiger charge is -2.21. The summed E-state index contributed by atoms with van der Waals surface area (Å²) in [5, 5.41) is 0.840. The number of halogens is 2. The van der Waals surface area contributed by atoms with Gasteiger partial charge in [-0.1, -0.05) is 29.3 Å². The van der Waals surface area contributed by atoms with Crippen molar-refractivity contribution < 1.29 is 14.3 Å². The summed E-state index contributed by atoms with van der Waals surface area (Å²) < 4.78 is 11.1. The highest BCUT2D eigenvalue weighted by Crippen LogP contribution is 2.51. The van der Waals surface area contributed by atoms with Crippen LogP contribution < -0.4 is 4.90 Å². The maximum Gasteiger partial charge on any atom is 0.292 e. The van der Waals surface area contributed by atoms with Gasteiger partial charge in [0.05, 0.1) is 34.5 Å². The number of carbonyl (C=O) groups is 1. The van der Waals surface area contributed by atoms with Gasteiger partial charge in [0.2, 0.25) is 0 Å². The Morgan fingerprint density at radius 1 is 1.32 bits per heavy atom. The van der Waals surface area contributed by atoms with E-state index < -0.39 is 5.79 Å². The molecular weight excluding hydrogens is 289 g/mol. The fourth-order valence-electron chi connectivity index (χ4n) is 2.49. The third-order valence-corrected chi connectivity index (χ3v) is 3.83. The number of anilines is 1. The second-order valence-electron chi connectivity index (χ2n) is 4.27. The lowest BCUT2D eigenvalue weighted by atomic mass is 10.1. The molecule has 2 heterocycles. The van der Waals surface area contributed by atoms with Crippen LogP contribution in [0.25, 0.3) is 0 Å². The fraction of sp³-hybridized carbons (Fsp3) is 0.308. The minimum absolute atomic E-state index is 0.310. The highest BCUT2D eigenvalue weighted by atomic mass is 35.5. The summed E-state index contributed by atoms with van der Waals surface area (Å²) in [7, 11) is 0. The summed E-state index contributed by atoms with van der Waals surface area (Å²) in [6, 6.07) is 3.29. The molecule has 1 fully saturated rings. The maximum atomic E-state index is 12.6. The van der Waals surface area contributed by atoms with Crippen LogP contribution in [0.3, 0.4) is 0 Å². The molecule has 0 atom stereocenters. The summed E-state index contributed by atoms with van der Waals surface area (Å²) in [6.45, 7) is 4.65. The van der Waals surface area contributed by atoms with Gasteiger partial charge >= 0.3 is 0 Å². The average Bonchev–Trinajstić information content (AvgIpc) is 2.96. The van der Waals surface area contributed by atoms with Crippen LogP contribution in [0.4, 0.5) is 5.69 Å². The molecule has 1 aromatic carbocycles. The Bertz CT molecular complexity index is 567. The van der Waals surface area contributed by atoms with E-state index in [9.17, 15) is 4.79 Å². The molecule has 0 radical (unpaired) electrons. The van der Waals surface area contributed by atoms with Crippen molar-refractivity contribution in [1.29, 1.82) is 0 Å². The lowest BCUT2D eigenvalue weighted by Crippen LogP contribution is -2.41. The van der Waals surface area contributed by atoms with Gasteiger partial charge in [0.25, 0.3) is 11.7 Å². The van der Waals surface area contributed by atoms with Gasteiger partial charge in [0.15, 0.2) is 0 Å². The van der Waals surface area contributed by atoms with Gasteiger partial charge in [0.1, 0.15) is 0 Å². The second kappa shape index (κ2) is 4.49. The van der Waals surface area contributed by atoms with E-state index in [1.807, 2.05) is 0 Å². The van der Waals surface area contributed by atoms with E-state index >= 15 is 0 Å². The Morgan fingerprint density at radius 2 is 1.95 bits per heavy atom. The molecule has 3 rings (SSSR count). The quantitative estimate of drug-likeness (QED) is 0.788. The van der Waals surface area contributed by atoms with E-state index in [0.717, 1.165) is 0 Å². The van der Waals surface area contributed by atoms with Crippen LogP contribution in [0.5, 0.6) is 0 Å². The third kappa shape index (κ3) is 1.64. The summed E-state index contributed by atoms with van der Waals surface area (Å²) in [6.07, 6.45) is 1.62. The first-order chi connectivity index (χ1) is 9.12. The first kappa shape index (κ1) is 12.9. The van der Waals surface area contributed by atoms with Crippen molar-refractivity contribution in [2.75, 3.05) is 24.7 Å². The molecule has 2 aliphatic rings. The summed E-state index contributed by atoms with van der Waals surface area (Å²) in [5.74, 6) is -1.75. The van der Waals surface area contributed by atoms with Gasteiger partial charge in [-0.05, 0) is 12.1 Å². The Morgan fingerprint density at radius 3 is 2.58 bits per heavy atom. The Kier molecular flexibility index (Phi) is 3.06. The zero-order valence-electron chi connectivity index (χ0n) is 9.99. The van der Waals surface area contributed by atoms with E-state index in [-0.39, 0.29) is 5.91 Å². The van der Waals surface area contributed by atoms with Crippen LogP contribution >= 0.6 is 23.2 Å². The summed E-state index contributed by atoms with van der Waals surface area (Å²) in [4.78, 5) is 14.1. The number of amides is 1. The molecule has 100 valence electrons. The Hall–Kier alpha value is -1.07. The number of hydrogen-bond acceptors (Lipinski definition) is 3. The molecule has 1 spiro atoms. The number of carbonyl (C=O) groups excluding carboxylic acids is 1. The van der Waals surface area contributed by atoms with Gasteiger partial charge in [-0.3, -0.25) is 4.79 Å². The van der Waals surface area contributed by atoms with Crippen molar-refractivity contribution in [3.05, 3.63) is 40.4 Å². The van der Waals surface area contributed by atoms with Gasteiger partial charge < -0.3 is 14.4 Å². The fourth-order valence-corrected chi connectivity index (χ4v) is 3.02. The van der Waals surface area contributed by atoms with Crippen LogP contribution in [-0.2, 0) is 20.1 Å². The average molecular weight is 300 g/mol. The molecule has 0 aromatic heterocycles. The molecule has 1 amide bonds. The van der Waals surface area contributed by atoms with Crippen molar-refractivity contribution in [3.63, 3.8) is 0 Å². The number of hydrogen-bond donors (Lipinski definition) is 0. The number of nitrogens with zero attached hydrogens (tertiary/aromatic N) is 1. The normalized spacial score (nSPS) is 20.1. The molecule has 4 nitrogen and oxygen atoms in total. The van der Waals surface area contributed by atoms with E-state index in [1.165, 1.54) is 4.90 Å². The number of fused-ring (bicyclic) bond motifs is 2. The molecule has 0 saturated carbocycles. The predicted octanol–water partition coefficient (Wildman–Crippen LogP) is 2.73. The van der Waals surface area contributed by atoms with E-state index in [0.29, 0.717) is 41.1 Å². The van der Waals surface area contributed by atoms with Crippen molar-refractivity contribution in [3.8, 4) is 0 Å². The molecule has 19 heavy (non-hydrogen) atoms. The van der Waals surface area contributed by atoms with E-state index in [2.05, 4.69) is 6.58 Å². The van der Waals surface area contributed by atoms with Crippen molar-refractivity contribution in [1.82, 2.24) is 0 Å². The summed E-state index contributed by atoms with van der Waals surface area (Å²) >= 11 is 12.4. The minimum Gasteiger partial charge on any atom is -0.336 e. The predicted molar refractivity (Wildman–Crippen MR) is 72.6 cm³/mol. The molecule has 0 unspecified atom stereocenters. The standard InChI is InChI=1S/C13H11Cl2NO3/c1-2-5-16-11-9(15)4-3-8(14)10(11)13(12(16)17)18-6-7-19-13/h2-4H,1,5-7H2. The van der Waals surface area contributed by atoms with Crippen LogP contribution in [0, 0.1) is 0 Å². The van der Waals surface area contributed by atoms with Crippen molar-refractivity contribution in [2.45, 2.75) is 5.79 Å². The largest absolute Gasteiger partial charge is 0.336 e. The summed E-state index contributed by atoms with van der Waals surface area (Å²) in [5.41, 5.74) is 1.03. The van der Waals surface area contributed by atoms with Crippen molar-refractivity contribution >= 4 is 34.8 Å². The first-order valence-corrected chi connectivity index (χ1v) is 6.56. The number of rotatable bonds is 2. The molecule has 1 aromatic rings. The second-order valence-corrected chi connectivity index (χ2v) is 5.09. The van der Waals surface area contributed by atoms with Gasteiger partial charge in [-0.15, -0.1) is 6.58 Å². The Balaban J connectivity index is 2.27. The maximum absolute atomic E-state index is 12.6. The highest BCUT2D eigenvalue weighted by Gasteiger charge is 2.57. The number of ether oxygens (including phenoxy) is 2.